The fraction of sp³-hybridized carbons (Fsp3) is 1.00. The van der Waals surface area contributed by atoms with Crippen LogP contribution in [0.15, 0.2) is 0 Å². The second-order valence-electron chi connectivity index (χ2n) is 6.52. The predicted octanol–water partition coefficient (Wildman–Crippen LogP) is 4.86. The molecule has 0 saturated carbocycles. The maximum absolute atomic E-state index is 3.67. The summed E-state index contributed by atoms with van der Waals surface area (Å²) in [6.45, 7) is 16.3. The molecular weight excluding hydrogens is 206 g/mol. The fourth-order valence-electron chi connectivity index (χ4n) is 2.45. The molecule has 0 fully saturated rings. The van der Waals surface area contributed by atoms with Crippen LogP contribution < -0.4 is 5.32 Å². The topological polar surface area (TPSA) is 12.0 Å². The SMILES string of the molecule is CCC(CC)(CCCC(C)C)CNCC(C)C. The van der Waals surface area contributed by atoms with Crippen LogP contribution in [0.5, 0.6) is 0 Å². The van der Waals surface area contributed by atoms with E-state index in [1.54, 1.807) is 0 Å². The summed E-state index contributed by atoms with van der Waals surface area (Å²) in [4.78, 5) is 0. The van der Waals surface area contributed by atoms with Crippen LogP contribution in [0.4, 0.5) is 0 Å². The van der Waals surface area contributed by atoms with Gasteiger partial charge in [-0.25, -0.2) is 0 Å². The van der Waals surface area contributed by atoms with Gasteiger partial charge in [-0.15, -0.1) is 0 Å². The van der Waals surface area contributed by atoms with Gasteiger partial charge in [-0.3, -0.25) is 0 Å². The molecule has 0 saturated heterocycles. The van der Waals surface area contributed by atoms with Gasteiger partial charge in [0.05, 0.1) is 0 Å². The zero-order valence-corrected chi connectivity index (χ0v) is 13.1. The predicted molar refractivity (Wildman–Crippen MR) is 79.4 cm³/mol. The van der Waals surface area contributed by atoms with Gasteiger partial charge in [-0.1, -0.05) is 54.4 Å². The van der Waals surface area contributed by atoms with Crippen LogP contribution in [0.3, 0.4) is 0 Å². The third kappa shape index (κ3) is 7.81. The molecule has 0 bridgehead atoms. The Labute approximate surface area is 110 Å². The highest BCUT2D eigenvalue weighted by Gasteiger charge is 2.25. The largest absolute Gasteiger partial charge is 0.316 e. The number of rotatable bonds is 10. The molecule has 0 rings (SSSR count). The molecule has 0 atom stereocenters. The Bertz CT molecular complexity index is 152. The third-order valence-electron chi connectivity index (χ3n) is 4.04. The van der Waals surface area contributed by atoms with Gasteiger partial charge in [0.25, 0.3) is 0 Å². The van der Waals surface area contributed by atoms with E-state index >= 15 is 0 Å². The molecule has 1 heteroatoms. The Hall–Kier alpha value is -0.0400. The first-order chi connectivity index (χ1) is 7.95. The maximum atomic E-state index is 3.67. The molecule has 1 N–H and O–H groups in total. The van der Waals surface area contributed by atoms with Gasteiger partial charge in [-0.05, 0) is 43.1 Å². The van der Waals surface area contributed by atoms with Crippen LogP contribution in [0.25, 0.3) is 0 Å². The lowest BCUT2D eigenvalue weighted by atomic mass is 9.77. The van der Waals surface area contributed by atoms with E-state index in [1.807, 2.05) is 0 Å². The van der Waals surface area contributed by atoms with Crippen LogP contribution in [0.2, 0.25) is 0 Å². The van der Waals surface area contributed by atoms with Crippen molar-refractivity contribution in [3.05, 3.63) is 0 Å². The normalized spacial score (nSPS) is 12.7. The van der Waals surface area contributed by atoms with E-state index < -0.39 is 0 Å². The Morgan fingerprint density at radius 2 is 1.53 bits per heavy atom. The lowest BCUT2D eigenvalue weighted by Gasteiger charge is -2.33. The molecule has 1 nitrogen and oxygen atoms in total. The average molecular weight is 241 g/mol. The van der Waals surface area contributed by atoms with Crippen molar-refractivity contribution in [3.63, 3.8) is 0 Å². The molecule has 0 aliphatic heterocycles. The van der Waals surface area contributed by atoms with Crippen molar-refractivity contribution in [2.45, 2.75) is 73.6 Å². The monoisotopic (exact) mass is 241 g/mol. The van der Waals surface area contributed by atoms with Gasteiger partial charge in [0.15, 0.2) is 0 Å². The lowest BCUT2D eigenvalue weighted by molar-refractivity contribution is 0.214. The number of hydrogen-bond acceptors (Lipinski definition) is 1. The quantitative estimate of drug-likeness (QED) is 0.575. The van der Waals surface area contributed by atoms with Crippen molar-refractivity contribution >= 4 is 0 Å². The number of nitrogens with one attached hydrogen (secondary N) is 1. The maximum Gasteiger partial charge on any atom is 0.000771 e. The molecule has 0 amide bonds. The zero-order chi connectivity index (χ0) is 13.3. The Morgan fingerprint density at radius 3 is 1.94 bits per heavy atom. The second-order valence-corrected chi connectivity index (χ2v) is 6.52. The molecule has 0 aromatic heterocycles. The summed E-state index contributed by atoms with van der Waals surface area (Å²) in [6.07, 6.45) is 6.79. The fourth-order valence-corrected chi connectivity index (χ4v) is 2.45. The van der Waals surface area contributed by atoms with E-state index in [1.165, 1.54) is 38.6 Å². The van der Waals surface area contributed by atoms with Gasteiger partial charge in [-0.2, -0.15) is 0 Å². The lowest BCUT2D eigenvalue weighted by Crippen LogP contribution is -2.35. The summed E-state index contributed by atoms with van der Waals surface area (Å²) in [5.41, 5.74) is 0.545. The molecular formula is C16H35N. The molecule has 0 radical (unpaired) electrons. The molecule has 0 heterocycles. The van der Waals surface area contributed by atoms with Crippen molar-refractivity contribution in [3.8, 4) is 0 Å². The van der Waals surface area contributed by atoms with Crippen LogP contribution in [-0.4, -0.2) is 13.1 Å². The summed E-state index contributed by atoms with van der Waals surface area (Å²) in [6, 6.07) is 0. The highest BCUT2D eigenvalue weighted by Crippen LogP contribution is 2.32. The first kappa shape index (κ1) is 17.0. The average Bonchev–Trinajstić information content (AvgIpc) is 2.26. The highest BCUT2D eigenvalue weighted by molar-refractivity contribution is 4.79. The molecule has 0 aromatic rings. The van der Waals surface area contributed by atoms with E-state index in [4.69, 9.17) is 0 Å². The van der Waals surface area contributed by atoms with E-state index in [9.17, 15) is 0 Å². The number of hydrogen-bond donors (Lipinski definition) is 1. The van der Waals surface area contributed by atoms with E-state index in [0.29, 0.717) is 5.41 Å². The third-order valence-corrected chi connectivity index (χ3v) is 4.04. The summed E-state index contributed by atoms with van der Waals surface area (Å²) >= 11 is 0. The molecule has 0 unspecified atom stereocenters. The van der Waals surface area contributed by atoms with E-state index in [-0.39, 0.29) is 0 Å². The van der Waals surface area contributed by atoms with Crippen molar-refractivity contribution < 1.29 is 0 Å². The van der Waals surface area contributed by atoms with Crippen LogP contribution >= 0.6 is 0 Å². The minimum absolute atomic E-state index is 0.545. The first-order valence-electron chi connectivity index (χ1n) is 7.66. The van der Waals surface area contributed by atoms with Crippen LogP contribution in [-0.2, 0) is 0 Å². The van der Waals surface area contributed by atoms with E-state index in [0.717, 1.165) is 18.4 Å². The van der Waals surface area contributed by atoms with Crippen molar-refractivity contribution in [1.82, 2.24) is 5.32 Å². The standard InChI is InChI=1S/C16H35N/c1-7-16(8-2,11-9-10-14(3)4)13-17-12-15(5)6/h14-15,17H,7-13H2,1-6H3. The molecule has 104 valence electrons. The molecule has 0 spiro atoms. The summed E-state index contributed by atoms with van der Waals surface area (Å²) < 4.78 is 0. The minimum atomic E-state index is 0.545. The minimum Gasteiger partial charge on any atom is -0.316 e. The summed E-state index contributed by atoms with van der Waals surface area (Å²) in [7, 11) is 0. The molecule has 0 aromatic carbocycles. The van der Waals surface area contributed by atoms with Gasteiger partial charge in [0.2, 0.25) is 0 Å². The van der Waals surface area contributed by atoms with Crippen molar-refractivity contribution in [2.75, 3.05) is 13.1 Å². The zero-order valence-electron chi connectivity index (χ0n) is 13.1. The van der Waals surface area contributed by atoms with Gasteiger partial charge in [0, 0.05) is 6.54 Å². The van der Waals surface area contributed by atoms with Gasteiger partial charge >= 0.3 is 0 Å². The Kier molecular flexibility index (Phi) is 8.94. The second kappa shape index (κ2) is 8.97. The Morgan fingerprint density at radius 1 is 0.941 bits per heavy atom. The first-order valence-corrected chi connectivity index (χ1v) is 7.66. The van der Waals surface area contributed by atoms with Gasteiger partial charge < -0.3 is 5.32 Å². The summed E-state index contributed by atoms with van der Waals surface area (Å²) in [5, 5.41) is 3.67. The molecule has 17 heavy (non-hydrogen) atoms. The molecule has 0 aliphatic rings. The smallest absolute Gasteiger partial charge is 0.000771 e. The van der Waals surface area contributed by atoms with Gasteiger partial charge in [0.1, 0.15) is 0 Å². The Balaban J connectivity index is 4.06. The molecule has 0 aliphatic carbocycles. The van der Waals surface area contributed by atoms with E-state index in [2.05, 4.69) is 46.9 Å². The highest BCUT2D eigenvalue weighted by atomic mass is 14.9. The summed E-state index contributed by atoms with van der Waals surface area (Å²) in [5.74, 6) is 1.61. The van der Waals surface area contributed by atoms with Crippen molar-refractivity contribution in [1.29, 1.82) is 0 Å². The van der Waals surface area contributed by atoms with Crippen LogP contribution in [0.1, 0.15) is 73.6 Å². The van der Waals surface area contributed by atoms with Crippen LogP contribution in [0, 0.1) is 17.3 Å². The van der Waals surface area contributed by atoms with Crippen molar-refractivity contribution in [2.24, 2.45) is 17.3 Å².